The van der Waals surface area contributed by atoms with Crippen LogP contribution in [0.4, 0.5) is 0 Å². The second-order valence-electron chi connectivity index (χ2n) is 9.12. The highest BCUT2D eigenvalue weighted by molar-refractivity contribution is 6.68. The maximum absolute atomic E-state index is 12.5. The summed E-state index contributed by atoms with van der Waals surface area (Å²) in [6.07, 6.45) is 3.92. The lowest BCUT2D eigenvalue weighted by Crippen LogP contribution is -2.41. The summed E-state index contributed by atoms with van der Waals surface area (Å²) in [4.78, 5) is 12.5. The number of ether oxygens (including phenoxy) is 1. The van der Waals surface area contributed by atoms with Crippen molar-refractivity contribution in [1.29, 1.82) is 0 Å². The van der Waals surface area contributed by atoms with Crippen molar-refractivity contribution in [1.82, 2.24) is 0 Å². The van der Waals surface area contributed by atoms with Gasteiger partial charge < -0.3 is 18.5 Å². The first-order chi connectivity index (χ1) is 12.3. The Kier molecular flexibility index (Phi) is 6.03. The van der Waals surface area contributed by atoms with Gasteiger partial charge in [-0.25, -0.2) is 4.79 Å². The number of furan rings is 1. The molecule has 1 fully saturated rings. The van der Waals surface area contributed by atoms with Crippen LogP contribution in [-0.2, 0) is 14.0 Å². The molecule has 0 bridgehead atoms. The fraction of sp³-hybridized carbons (Fsp3) is 0.667. The molecule has 0 radical (unpaired) electrons. The number of unbranched alkanes of at least 4 members (excludes halogenated alkanes) is 1. The quantitative estimate of drug-likeness (QED) is 0.512. The normalized spacial score (nSPS) is 19.4. The van der Waals surface area contributed by atoms with Crippen LogP contribution in [0.2, 0.25) is 0 Å². The first-order valence-corrected chi connectivity index (χ1v) is 9.67. The van der Waals surface area contributed by atoms with Crippen molar-refractivity contribution >= 4 is 18.6 Å². The summed E-state index contributed by atoms with van der Waals surface area (Å²) in [5.41, 5.74) is -0.211. The number of hydrogen-bond acceptors (Lipinski definition) is 5. The standard InChI is InChI=1S/C21H33BO5/c1-10-11-12-16(22-26-20(6,7)21(8,9)27-22)17-13-15(14(2)24-17)18(23)25-19(3,4)5/h12-13H,10-11H2,1-9H3/b16-12-. The first-order valence-electron chi connectivity index (χ1n) is 9.67. The monoisotopic (exact) mass is 376 g/mol. The lowest BCUT2D eigenvalue weighted by Gasteiger charge is -2.32. The van der Waals surface area contributed by atoms with Crippen molar-refractivity contribution in [3.63, 3.8) is 0 Å². The third kappa shape index (κ3) is 4.85. The minimum Gasteiger partial charge on any atom is -0.461 e. The van der Waals surface area contributed by atoms with Crippen LogP contribution in [0.25, 0.3) is 5.47 Å². The molecule has 1 aromatic heterocycles. The molecule has 1 aliphatic rings. The summed E-state index contributed by atoms with van der Waals surface area (Å²) in [5.74, 6) is 0.720. The lowest BCUT2D eigenvalue weighted by molar-refractivity contribution is 0.00578. The average molecular weight is 376 g/mol. The second-order valence-corrected chi connectivity index (χ2v) is 9.12. The molecule has 0 spiro atoms. The maximum atomic E-state index is 12.5. The van der Waals surface area contributed by atoms with Gasteiger partial charge in [0.1, 0.15) is 22.7 Å². The third-order valence-corrected chi connectivity index (χ3v) is 4.98. The van der Waals surface area contributed by atoms with E-state index in [0.29, 0.717) is 17.1 Å². The summed E-state index contributed by atoms with van der Waals surface area (Å²) in [6, 6.07) is 1.73. The highest BCUT2D eigenvalue weighted by atomic mass is 16.7. The van der Waals surface area contributed by atoms with Crippen LogP contribution in [0.5, 0.6) is 0 Å². The van der Waals surface area contributed by atoms with Gasteiger partial charge in [0.15, 0.2) is 0 Å². The predicted octanol–water partition coefficient (Wildman–Crippen LogP) is 5.36. The maximum Gasteiger partial charge on any atom is 0.498 e. The molecule has 1 aromatic rings. The molecule has 1 aliphatic heterocycles. The van der Waals surface area contributed by atoms with E-state index in [0.717, 1.165) is 18.3 Å². The molecule has 2 rings (SSSR count). The molecule has 6 heteroatoms. The Hall–Kier alpha value is -1.53. The van der Waals surface area contributed by atoms with Gasteiger partial charge in [-0.05, 0) is 67.9 Å². The van der Waals surface area contributed by atoms with E-state index in [1.807, 2.05) is 48.5 Å². The molecule has 0 saturated carbocycles. The molecule has 0 atom stereocenters. The largest absolute Gasteiger partial charge is 0.498 e. The van der Waals surface area contributed by atoms with Crippen molar-refractivity contribution in [3.8, 4) is 0 Å². The van der Waals surface area contributed by atoms with E-state index in [1.54, 1.807) is 13.0 Å². The van der Waals surface area contributed by atoms with Crippen LogP contribution in [0.1, 0.15) is 90.1 Å². The minimum absolute atomic E-state index is 0.390. The van der Waals surface area contributed by atoms with Gasteiger partial charge in [-0.1, -0.05) is 19.4 Å². The Labute approximate surface area is 163 Å². The van der Waals surface area contributed by atoms with Gasteiger partial charge in [0.2, 0.25) is 0 Å². The molecule has 0 aromatic carbocycles. The number of aryl methyl sites for hydroxylation is 1. The zero-order valence-corrected chi connectivity index (χ0v) is 18.2. The van der Waals surface area contributed by atoms with Crippen molar-refractivity contribution < 1.29 is 23.3 Å². The van der Waals surface area contributed by atoms with Crippen LogP contribution >= 0.6 is 0 Å². The fourth-order valence-electron chi connectivity index (χ4n) is 2.74. The molecule has 5 nitrogen and oxygen atoms in total. The van der Waals surface area contributed by atoms with Crippen molar-refractivity contribution in [2.75, 3.05) is 0 Å². The number of hydrogen-bond donors (Lipinski definition) is 0. The Morgan fingerprint density at radius 1 is 1.19 bits per heavy atom. The Morgan fingerprint density at radius 3 is 2.22 bits per heavy atom. The zero-order valence-electron chi connectivity index (χ0n) is 18.2. The molecular formula is C21H33BO5. The SMILES string of the molecule is CCC/C=C(\B1OC(C)(C)C(C)(C)O1)c1cc(C(=O)OC(C)(C)C)c(C)o1. The molecule has 0 unspecified atom stereocenters. The molecular weight excluding hydrogens is 343 g/mol. The zero-order chi connectivity index (χ0) is 20.6. The van der Waals surface area contributed by atoms with Crippen LogP contribution in [0.3, 0.4) is 0 Å². The number of allylic oxidation sites excluding steroid dienone is 1. The Morgan fingerprint density at radius 2 is 1.74 bits per heavy atom. The van der Waals surface area contributed by atoms with Gasteiger partial charge in [0, 0.05) is 5.47 Å². The van der Waals surface area contributed by atoms with Crippen LogP contribution in [0, 0.1) is 6.92 Å². The molecule has 1 saturated heterocycles. The molecule has 2 heterocycles. The van der Waals surface area contributed by atoms with Gasteiger partial charge >= 0.3 is 13.1 Å². The van der Waals surface area contributed by atoms with E-state index >= 15 is 0 Å². The molecule has 27 heavy (non-hydrogen) atoms. The molecule has 0 amide bonds. The van der Waals surface area contributed by atoms with E-state index in [9.17, 15) is 4.79 Å². The van der Waals surface area contributed by atoms with Crippen molar-refractivity contribution in [2.45, 2.75) is 92.0 Å². The number of esters is 1. The lowest BCUT2D eigenvalue weighted by atomic mass is 9.75. The predicted molar refractivity (Wildman–Crippen MR) is 108 cm³/mol. The summed E-state index contributed by atoms with van der Waals surface area (Å²) in [7, 11) is -0.543. The summed E-state index contributed by atoms with van der Waals surface area (Å²) >= 11 is 0. The van der Waals surface area contributed by atoms with E-state index in [-0.39, 0.29) is 0 Å². The smallest absolute Gasteiger partial charge is 0.461 e. The number of rotatable bonds is 5. The Balaban J connectivity index is 2.37. The van der Waals surface area contributed by atoms with E-state index in [4.69, 9.17) is 18.5 Å². The van der Waals surface area contributed by atoms with Gasteiger partial charge in [-0.15, -0.1) is 0 Å². The summed E-state index contributed by atoms with van der Waals surface area (Å²) < 4.78 is 23.8. The van der Waals surface area contributed by atoms with Crippen LogP contribution in [0.15, 0.2) is 16.6 Å². The van der Waals surface area contributed by atoms with Crippen LogP contribution in [-0.4, -0.2) is 29.9 Å². The van der Waals surface area contributed by atoms with Gasteiger partial charge in [-0.3, -0.25) is 0 Å². The van der Waals surface area contributed by atoms with Crippen molar-refractivity contribution in [3.05, 3.63) is 29.2 Å². The number of carbonyl (C=O) groups is 1. The van der Waals surface area contributed by atoms with Gasteiger partial charge in [0.25, 0.3) is 0 Å². The fourth-order valence-corrected chi connectivity index (χ4v) is 2.74. The van der Waals surface area contributed by atoms with Gasteiger partial charge in [-0.2, -0.15) is 0 Å². The van der Waals surface area contributed by atoms with Crippen LogP contribution < -0.4 is 0 Å². The average Bonchev–Trinajstić information content (AvgIpc) is 2.95. The minimum atomic E-state index is -0.562. The third-order valence-electron chi connectivity index (χ3n) is 4.98. The molecule has 150 valence electrons. The molecule has 0 N–H and O–H groups in total. The van der Waals surface area contributed by atoms with E-state index in [2.05, 4.69) is 13.0 Å². The van der Waals surface area contributed by atoms with Crippen molar-refractivity contribution in [2.24, 2.45) is 0 Å². The van der Waals surface area contributed by atoms with E-state index < -0.39 is 29.9 Å². The van der Waals surface area contributed by atoms with Gasteiger partial charge in [0.05, 0.1) is 11.2 Å². The molecule has 0 aliphatic carbocycles. The second kappa shape index (κ2) is 7.48. The Bertz CT molecular complexity index is 705. The first kappa shape index (κ1) is 21.8. The topological polar surface area (TPSA) is 57.9 Å². The summed E-state index contributed by atoms with van der Waals surface area (Å²) in [5, 5.41) is 0. The summed E-state index contributed by atoms with van der Waals surface area (Å²) in [6.45, 7) is 17.5. The van der Waals surface area contributed by atoms with E-state index in [1.165, 1.54) is 0 Å². The number of carbonyl (C=O) groups excluding carboxylic acids is 1. The highest BCUT2D eigenvalue weighted by Crippen LogP contribution is 2.41. The highest BCUT2D eigenvalue weighted by Gasteiger charge is 2.53.